The Morgan fingerprint density at radius 3 is 2.41 bits per heavy atom. The summed E-state index contributed by atoms with van der Waals surface area (Å²) in [5.74, 6) is 0.547. The van der Waals surface area contributed by atoms with Crippen LogP contribution in [0.4, 0.5) is 4.39 Å². The highest BCUT2D eigenvalue weighted by molar-refractivity contribution is 5.48. The molecule has 2 N–H and O–H groups in total. The zero-order valence-corrected chi connectivity index (χ0v) is 10.7. The molecule has 0 saturated heterocycles. The maximum absolute atomic E-state index is 14.2. The van der Waals surface area contributed by atoms with Crippen LogP contribution in [0.1, 0.15) is 24.5 Å². The van der Waals surface area contributed by atoms with Gasteiger partial charge in [0.2, 0.25) is 0 Å². The number of hydrogen-bond donors (Lipinski definition) is 1. The van der Waals surface area contributed by atoms with Crippen LogP contribution in [-0.4, -0.2) is 20.8 Å². The van der Waals surface area contributed by atoms with Gasteiger partial charge in [-0.3, -0.25) is 0 Å². The second kappa shape index (κ2) is 6.45. The van der Waals surface area contributed by atoms with E-state index >= 15 is 0 Å². The maximum Gasteiger partial charge on any atom is 0.172 e. The fourth-order valence-corrected chi connectivity index (χ4v) is 1.92. The number of hydrogen-bond acceptors (Lipinski definition) is 3. The number of ether oxygens (including phenoxy) is 2. The van der Waals surface area contributed by atoms with Crippen molar-refractivity contribution in [3.05, 3.63) is 23.0 Å². The van der Waals surface area contributed by atoms with E-state index in [9.17, 15) is 4.39 Å². The van der Waals surface area contributed by atoms with Gasteiger partial charge in [-0.1, -0.05) is 13.3 Å². The van der Waals surface area contributed by atoms with Crippen molar-refractivity contribution >= 4 is 0 Å². The van der Waals surface area contributed by atoms with Crippen molar-refractivity contribution in [2.75, 3.05) is 20.8 Å². The first-order valence-electron chi connectivity index (χ1n) is 5.81. The Balaban J connectivity index is 3.32. The van der Waals surface area contributed by atoms with Crippen LogP contribution < -0.4 is 15.2 Å². The lowest BCUT2D eigenvalue weighted by molar-refractivity contribution is 0.366. The van der Waals surface area contributed by atoms with Crippen LogP contribution in [0.3, 0.4) is 0 Å². The molecule has 4 heteroatoms. The minimum atomic E-state index is -0.322. The standard InChI is InChI=1S/C13H20FNO2/c1-4-5-10-11(16-2)8-9(6-7-15)13(17-3)12(10)14/h8H,4-7,15H2,1-3H3. The monoisotopic (exact) mass is 241 g/mol. The summed E-state index contributed by atoms with van der Waals surface area (Å²) >= 11 is 0. The zero-order valence-electron chi connectivity index (χ0n) is 10.7. The van der Waals surface area contributed by atoms with Crippen LogP contribution in [0.25, 0.3) is 0 Å². The predicted molar refractivity (Wildman–Crippen MR) is 66.3 cm³/mol. The Labute approximate surface area is 102 Å². The second-order valence-electron chi connectivity index (χ2n) is 3.85. The van der Waals surface area contributed by atoms with E-state index in [-0.39, 0.29) is 5.82 Å². The van der Waals surface area contributed by atoms with Crippen LogP contribution in [0.15, 0.2) is 6.07 Å². The molecule has 0 atom stereocenters. The smallest absolute Gasteiger partial charge is 0.172 e. The average molecular weight is 241 g/mol. The summed E-state index contributed by atoms with van der Waals surface area (Å²) in [5.41, 5.74) is 6.83. The van der Waals surface area contributed by atoms with E-state index in [4.69, 9.17) is 15.2 Å². The molecule has 0 aliphatic rings. The van der Waals surface area contributed by atoms with Gasteiger partial charge in [-0.15, -0.1) is 0 Å². The van der Waals surface area contributed by atoms with Crippen LogP contribution >= 0.6 is 0 Å². The summed E-state index contributed by atoms with van der Waals surface area (Å²) in [6, 6.07) is 1.82. The van der Waals surface area contributed by atoms with Gasteiger partial charge in [0.1, 0.15) is 5.75 Å². The van der Waals surface area contributed by atoms with E-state index in [0.29, 0.717) is 36.4 Å². The SMILES string of the molecule is CCCc1c(OC)cc(CCN)c(OC)c1F. The molecule has 0 heterocycles. The number of halogens is 1. The van der Waals surface area contributed by atoms with E-state index < -0.39 is 0 Å². The lowest BCUT2D eigenvalue weighted by atomic mass is 10.0. The summed E-state index contributed by atoms with van der Waals surface area (Å²) < 4.78 is 24.6. The topological polar surface area (TPSA) is 44.5 Å². The van der Waals surface area contributed by atoms with E-state index in [1.54, 1.807) is 7.11 Å². The van der Waals surface area contributed by atoms with Crippen LogP contribution in [0.5, 0.6) is 11.5 Å². The minimum Gasteiger partial charge on any atom is -0.496 e. The quantitative estimate of drug-likeness (QED) is 0.831. The Kier molecular flexibility index (Phi) is 5.22. The van der Waals surface area contributed by atoms with Crippen molar-refractivity contribution in [1.82, 2.24) is 0 Å². The molecule has 0 amide bonds. The lowest BCUT2D eigenvalue weighted by Crippen LogP contribution is -2.08. The molecule has 1 rings (SSSR count). The molecule has 0 saturated carbocycles. The number of benzene rings is 1. The third kappa shape index (κ3) is 2.88. The zero-order chi connectivity index (χ0) is 12.8. The highest BCUT2D eigenvalue weighted by Crippen LogP contribution is 2.34. The minimum absolute atomic E-state index is 0.291. The van der Waals surface area contributed by atoms with E-state index in [2.05, 4.69) is 0 Å². The van der Waals surface area contributed by atoms with Gasteiger partial charge in [-0.2, -0.15) is 0 Å². The Bertz CT molecular complexity index is 380. The van der Waals surface area contributed by atoms with Gasteiger partial charge < -0.3 is 15.2 Å². The molecule has 3 nitrogen and oxygen atoms in total. The highest BCUT2D eigenvalue weighted by atomic mass is 19.1. The van der Waals surface area contributed by atoms with Crippen molar-refractivity contribution in [3.63, 3.8) is 0 Å². The summed E-state index contributed by atoms with van der Waals surface area (Å²) in [7, 11) is 3.02. The lowest BCUT2D eigenvalue weighted by Gasteiger charge is -2.16. The van der Waals surface area contributed by atoms with Gasteiger partial charge >= 0.3 is 0 Å². The Hall–Kier alpha value is -1.29. The normalized spacial score (nSPS) is 10.4. The highest BCUT2D eigenvalue weighted by Gasteiger charge is 2.18. The van der Waals surface area contributed by atoms with Gasteiger partial charge in [0.25, 0.3) is 0 Å². The van der Waals surface area contributed by atoms with Crippen molar-refractivity contribution < 1.29 is 13.9 Å². The van der Waals surface area contributed by atoms with Crippen molar-refractivity contribution in [2.45, 2.75) is 26.2 Å². The van der Waals surface area contributed by atoms with E-state index in [0.717, 1.165) is 12.0 Å². The maximum atomic E-state index is 14.2. The van der Waals surface area contributed by atoms with Crippen molar-refractivity contribution in [1.29, 1.82) is 0 Å². The molecule has 96 valence electrons. The van der Waals surface area contributed by atoms with E-state index in [1.165, 1.54) is 7.11 Å². The summed E-state index contributed by atoms with van der Waals surface area (Å²) in [4.78, 5) is 0. The number of rotatable bonds is 6. The first kappa shape index (κ1) is 13.8. The Morgan fingerprint density at radius 1 is 1.24 bits per heavy atom. The van der Waals surface area contributed by atoms with Crippen molar-refractivity contribution in [3.8, 4) is 11.5 Å². The molecule has 17 heavy (non-hydrogen) atoms. The van der Waals surface area contributed by atoms with Crippen LogP contribution in [-0.2, 0) is 12.8 Å². The molecule has 0 aliphatic carbocycles. The second-order valence-corrected chi connectivity index (χ2v) is 3.85. The summed E-state index contributed by atoms with van der Waals surface area (Å²) in [6.45, 7) is 2.45. The van der Waals surface area contributed by atoms with Gasteiger partial charge in [0, 0.05) is 11.1 Å². The molecule has 0 aromatic heterocycles. The number of nitrogens with two attached hydrogens (primary N) is 1. The van der Waals surface area contributed by atoms with E-state index in [1.807, 2.05) is 13.0 Å². The van der Waals surface area contributed by atoms with Crippen LogP contribution in [0.2, 0.25) is 0 Å². The van der Waals surface area contributed by atoms with Gasteiger partial charge in [0.15, 0.2) is 11.6 Å². The predicted octanol–water partition coefficient (Wildman–Crippen LogP) is 2.30. The first-order valence-corrected chi connectivity index (χ1v) is 5.81. The molecular weight excluding hydrogens is 221 g/mol. The fraction of sp³-hybridized carbons (Fsp3) is 0.538. The molecule has 0 fully saturated rings. The van der Waals surface area contributed by atoms with Crippen molar-refractivity contribution in [2.24, 2.45) is 5.73 Å². The van der Waals surface area contributed by atoms with Gasteiger partial charge in [0.05, 0.1) is 14.2 Å². The summed E-state index contributed by atoms with van der Waals surface area (Å²) in [5, 5.41) is 0. The molecule has 0 bridgehead atoms. The average Bonchev–Trinajstić information content (AvgIpc) is 2.33. The molecule has 1 aromatic rings. The molecule has 0 spiro atoms. The molecular formula is C13H20FNO2. The molecule has 1 aromatic carbocycles. The van der Waals surface area contributed by atoms with Gasteiger partial charge in [-0.25, -0.2) is 4.39 Å². The third-order valence-electron chi connectivity index (χ3n) is 2.70. The molecule has 0 radical (unpaired) electrons. The summed E-state index contributed by atoms with van der Waals surface area (Å²) in [6.07, 6.45) is 2.06. The third-order valence-corrected chi connectivity index (χ3v) is 2.70. The van der Waals surface area contributed by atoms with Gasteiger partial charge in [-0.05, 0) is 25.5 Å². The number of methoxy groups -OCH3 is 2. The molecule has 0 unspecified atom stereocenters. The van der Waals surface area contributed by atoms with Crippen LogP contribution in [0, 0.1) is 5.82 Å². The molecule has 0 aliphatic heterocycles. The largest absolute Gasteiger partial charge is 0.496 e. The fourth-order valence-electron chi connectivity index (χ4n) is 1.92. The first-order chi connectivity index (χ1) is 8.19. The Morgan fingerprint density at radius 2 is 1.94 bits per heavy atom.